The van der Waals surface area contributed by atoms with Crippen LogP contribution in [0, 0.1) is 6.92 Å². The van der Waals surface area contributed by atoms with Crippen molar-refractivity contribution in [3.63, 3.8) is 0 Å². The molecule has 1 aromatic heterocycles. The fourth-order valence-electron chi connectivity index (χ4n) is 2.33. The SMILES string of the molecule is CCc1sc(C(=O)Nc2cc3c(cc2Cl)OCCO3)cc1C. The summed E-state index contributed by atoms with van der Waals surface area (Å²) in [6.07, 6.45) is 0.925. The molecular weight excluding hydrogens is 322 g/mol. The summed E-state index contributed by atoms with van der Waals surface area (Å²) in [4.78, 5) is 14.3. The Morgan fingerprint density at radius 1 is 1.27 bits per heavy atom. The van der Waals surface area contributed by atoms with Gasteiger partial charge in [-0.2, -0.15) is 0 Å². The Balaban J connectivity index is 1.84. The highest BCUT2D eigenvalue weighted by Gasteiger charge is 2.18. The summed E-state index contributed by atoms with van der Waals surface area (Å²) in [6.45, 7) is 5.09. The van der Waals surface area contributed by atoms with E-state index in [0.717, 1.165) is 12.0 Å². The Labute approximate surface area is 138 Å². The van der Waals surface area contributed by atoms with Gasteiger partial charge < -0.3 is 14.8 Å². The predicted octanol–water partition coefficient (Wildman–Crippen LogP) is 4.30. The molecule has 116 valence electrons. The number of amides is 1. The molecule has 22 heavy (non-hydrogen) atoms. The van der Waals surface area contributed by atoms with Gasteiger partial charge in [-0.1, -0.05) is 18.5 Å². The Kier molecular flexibility index (Phi) is 4.27. The highest BCUT2D eigenvalue weighted by molar-refractivity contribution is 7.14. The molecule has 0 radical (unpaired) electrons. The summed E-state index contributed by atoms with van der Waals surface area (Å²) in [7, 11) is 0. The van der Waals surface area contributed by atoms with Gasteiger partial charge in [0.1, 0.15) is 13.2 Å². The van der Waals surface area contributed by atoms with E-state index in [0.29, 0.717) is 40.3 Å². The van der Waals surface area contributed by atoms with E-state index < -0.39 is 0 Å². The number of anilines is 1. The molecule has 3 rings (SSSR count). The number of hydrogen-bond acceptors (Lipinski definition) is 4. The maximum absolute atomic E-state index is 12.4. The lowest BCUT2D eigenvalue weighted by atomic mass is 10.2. The highest BCUT2D eigenvalue weighted by Crippen LogP contribution is 2.38. The molecule has 0 aliphatic carbocycles. The van der Waals surface area contributed by atoms with E-state index in [-0.39, 0.29) is 5.91 Å². The van der Waals surface area contributed by atoms with Crippen LogP contribution >= 0.6 is 22.9 Å². The second kappa shape index (κ2) is 6.18. The van der Waals surface area contributed by atoms with E-state index in [9.17, 15) is 4.79 Å². The normalized spacial score (nSPS) is 13.0. The van der Waals surface area contributed by atoms with Crippen molar-refractivity contribution in [2.45, 2.75) is 20.3 Å². The minimum absolute atomic E-state index is 0.161. The lowest BCUT2D eigenvalue weighted by Gasteiger charge is -2.19. The first-order valence-corrected chi connectivity index (χ1v) is 8.27. The van der Waals surface area contributed by atoms with Crippen LogP contribution in [0.4, 0.5) is 5.69 Å². The van der Waals surface area contributed by atoms with Crippen LogP contribution < -0.4 is 14.8 Å². The number of fused-ring (bicyclic) bond motifs is 1. The van der Waals surface area contributed by atoms with Gasteiger partial charge in [-0.15, -0.1) is 11.3 Å². The maximum Gasteiger partial charge on any atom is 0.265 e. The molecule has 2 heterocycles. The molecule has 0 saturated carbocycles. The van der Waals surface area contributed by atoms with Crippen molar-refractivity contribution >= 4 is 34.5 Å². The van der Waals surface area contributed by atoms with E-state index in [1.807, 2.05) is 13.0 Å². The van der Waals surface area contributed by atoms with Gasteiger partial charge in [0.15, 0.2) is 11.5 Å². The minimum Gasteiger partial charge on any atom is -0.486 e. The van der Waals surface area contributed by atoms with Crippen LogP contribution in [0.15, 0.2) is 18.2 Å². The number of nitrogens with one attached hydrogen (secondary N) is 1. The van der Waals surface area contributed by atoms with Gasteiger partial charge in [0.25, 0.3) is 5.91 Å². The number of rotatable bonds is 3. The molecule has 0 spiro atoms. The van der Waals surface area contributed by atoms with Gasteiger partial charge in [0.05, 0.1) is 15.6 Å². The first-order valence-electron chi connectivity index (χ1n) is 7.08. The molecule has 1 aliphatic heterocycles. The molecular formula is C16H16ClNO3S. The van der Waals surface area contributed by atoms with E-state index in [1.54, 1.807) is 12.1 Å². The Hall–Kier alpha value is -1.72. The average molecular weight is 338 g/mol. The zero-order valence-electron chi connectivity index (χ0n) is 12.4. The van der Waals surface area contributed by atoms with Crippen molar-refractivity contribution in [2.75, 3.05) is 18.5 Å². The topological polar surface area (TPSA) is 47.6 Å². The van der Waals surface area contributed by atoms with Gasteiger partial charge >= 0.3 is 0 Å². The van der Waals surface area contributed by atoms with Gasteiger partial charge in [-0.3, -0.25) is 4.79 Å². The van der Waals surface area contributed by atoms with Crippen LogP contribution in [0.1, 0.15) is 27.0 Å². The van der Waals surface area contributed by atoms with Crippen molar-refractivity contribution in [3.8, 4) is 11.5 Å². The predicted molar refractivity (Wildman–Crippen MR) is 88.8 cm³/mol. The van der Waals surface area contributed by atoms with Crippen molar-refractivity contribution in [2.24, 2.45) is 0 Å². The summed E-state index contributed by atoms with van der Waals surface area (Å²) < 4.78 is 11.0. The Bertz CT molecular complexity index is 726. The number of halogens is 1. The number of carbonyl (C=O) groups is 1. The molecule has 1 amide bonds. The summed E-state index contributed by atoms with van der Waals surface area (Å²) in [5.41, 5.74) is 1.67. The smallest absolute Gasteiger partial charge is 0.265 e. The van der Waals surface area contributed by atoms with E-state index in [4.69, 9.17) is 21.1 Å². The zero-order chi connectivity index (χ0) is 15.7. The molecule has 0 fully saturated rings. The number of benzene rings is 1. The van der Waals surface area contributed by atoms with Crippen molar-refractivity contribution in [3.05, 3.63) is 38.5 Å². The maximum atomic E-state index is 12.4. The summed E-state index contributed by atoms with van der Waals surface area (Å²) in [5.74, 6) is 1.04. The average Bonchev–Trinajstić information content (AvgIpc) is 2.89. The highest BCUT2D eigenvalue weighted by atomic mass is 35.5. The Morgan fingerprint density at radius 2 is 1.95 bits per heavy atom. The molecule has 1 N–H and O–H groups in total. The van der Waals surface area contributed by atoms with Crippen molar-refractivity contribution in [1.82, 2.24) is 0 Å². The third-order valence-corrected chi connectivity index (χ3v) is 5.14. The minimum atomic E-state index is -0.161. The van der Waals surface area contributed by atoms with Crippen LogP contribution in [0.3, 0.4) is 0 Å². The lowest BCUT2D eigenvalue weighted by Crippen LogP contribution is -2.16. The largest absolute Gasteiger partial charge is 0.486 e. The number of thiophene rings is 1. The van der Waals surface area contributed by atoms with E-state index in [2.05, 4.69) is 12.2 Å². The van der Waals surface area contributed by atoms with Crippen LogP contribution in [-0.2, 0) is 6.42 Å². The third kappa shape index (κ3) is 2.91. The first kappa shape index (κ1) is 15.2. The van der Waals surface area contributed by atoms with Crippen LogP contribution in [-0.4, -0.2) is 19.1 Å². The fraction of sp³-hybridized carbons (Fsp3) is 0.312. The number of carbonyl (C=O) groups excluding carboxylic acids is 1. The molecule has 0 bridgehead atoms. The number of aryl methyl sites for hydroxylation is 2. The number of hydrogen-bond donors (Lipinski definition) is 1. The third-order valence-electron chi connectivity index (χ3n) is 3.45. The second-order valence-corrected chi connectivity index (χ2v) is 6.54. The molecule has 1 aromatic carbocycles. The van der Waals surface area contributed by atoms with Gasteiger partial charge in [-0.25, -0.2) is 0 Å². The fourth-order valence-corrected chi connectivity index (χ4v) is 3.54. The van der Waals surface area contributed by atoms with E-state index in [1.165, 1.54) is 16.2 Å². The second-order valence-electron chi connectivity index (χ2n) is 5.00. The zero-order valence-corrected chi connectivity index (χ0v) is 13.9. The van der Waals surface area contributed by atoms with Crippen LogP contribution in [0.2, 0.25) is 5.02 Å². The summed E-state index contributed by atoms with van der Waals surface area (Å²) in [5, 5.41) is 3.28. The molecule has 0 atom stereocenters. The standard InChI is InChI=1S/C16H16ClNO3S/c1-3-14-9(2)6-15(22-14)16(19)18-11-8-13-12(7-10(11)17)20-4-5-21-13/h6-8H,3-5H2,1-2H3,(H,18,19). The van der Waals surface area contributed by atoms with Gasteiger partial charge in [0.2, 0.25) is 0 Å². The molecule has 0 saturated heterocycles. The molecule has 0 unspecified atom stereocenters. The van der Waals surface area contributed by atoms with Crippen LogP contribution in [0.5, 0.6) is 11.5 Å². The summed E-state index contributed by atoms with van der Waals surface area (Å²) in [6, 6.07) is 5.28. The van der Waals surface area contributed by atoms with Gasteiger partial charge in [-0.05, 0) is 25.0 Å². The van der Waals surface area contributed by atoms with Gasteiger partial charge in [0, 0.05) is 17.0 Å². The first-order chi connectivity index (χ1) is 10.6. The molecule has 4 nitrogen and oxygen atoms in total. The number of ether oxygens (including phenoxy) is 2. The molecule has 2 aromatic rings. The molecule has 1 aliphatic rings. The molecule has 6 heteroatoms. The van der Waals surface area contributed by atoms with Crippen molar-refractivity contribution < 1.29 is 14.3 Å². The van der Waals surface area contributed by atoms with Crippen LogP contribution in [0.25, 0.3) is 0 Å². The monoisotopic (exact) mass is 337 g/mol. The Morgan fingerprint density at radius 3 is 2.59 bits per heavy atom. The van der Waals surface area contributed by atoms with E-state index >= 15 is 0 Å². The summed E-state index contributed by atoms with van der Waals surface area (Å²) >= 11 is 7.72. The quantitative estimate of drug-likeness (QED) is 0.908. The van der Waals surface area contributed by atoms with Crippen molar-refractivity contribution in [1.29, 1.82) is 0 Å². The lowest BCUT2D eigenvalue weighted by molar-refractivity contribution is 0.103.